The fraction of sp³-hybridized carbons (Fsp3) is 0.571. The first kappa shape index (κ1) is 16.1. The van der Waals surface area contributed by atoms with Gasteiger partial charge < -0.3 is 5.32 Å². The first-order valence-electron chi connectivity index (χ1n) is 6.53. The van der Waals surface area contributed by atoms with Crippen LogP contribution in [0.5, 0.6) is 0 Å². The third-order valence-electron chi connectivity index (χ3n) is 3.70. The fourth-order valence-electron chi connectivity index (χ4n) is 2.68. The Morgan fingerprint density at radius 3 is 1.90 bits per heavy atom. The zero-order valence-electron chi connectivity index (χ0n) is 11.3. The van der Waals surface area contributed by atoms with Crippen molar-refractivity contribution >= 4 is 0 Å². The molecule has 2 rings (SSSR count). The molecule has 1 aliphatic heterocycles. The van der Waals surface area contributed by atoms with Crippen molar-refractivity contribution in [1.82, 2.24) is 5.32 Å². The first-order chi connectivity index (χ1) is 9.50. The Bertz CT molecular complexity index is 479. The molecule has 1 aromatic rings. The molecule has 0 amide bonds. The molecule has 1 fully saturated rings. The molecular weight excluding hydrogens is 296 g/mol. The molecule has 118 valence electrons. The molecule has 1 N–H and O–H groups in total. The number of alkyl halides is 6. The van der Waals surface area contributed by atoms with Crippen molar-refractivity contribution in [3.8, 4) is 0 Å². The van der Waals surface area contributed by atoms with Gasteiger partial charge in [0, 0.05) is 5.54 Å². The molecule has 0 saturated carbocycles. The molecule has 0 radical (unpaired) electrons. The number of rotatable bonds is 2. The van der Waals surface area contributed by atoms with Crippen molar-refractivity contribution in [2.45, 2.75) is 44.1 Å². The highest BCUT2D eigenvalue weighted by Gasteiger charge is 2.38. The van der Waals surface area contributed by atoms with E-state index in [-0.39, 0.29) is 18.1 Å². The van der Waals surface area contributed by atoms with E-state index in [0.29, 0.717) is 0 Å². The molecule has 1 saturated heterocycles. The van der Waals surface area contributed by atoms with Gasteiger partial charge in [0.15, 0.2) is 0 Å². The average Bonchev–Trinajstić information content (AvgIpc) is 2.73. The molecule has 1 nitrogen and oxygen atoms in total. The van der Waals surface area contributed by atoms with E-state index in [0.717, 1.165) is 31.5 Å². The van der Waals surface area contributed by atoms with Crippen LogP contribution in [0.4, 0.5) is 26.3 Å². The van der Waals surface area contributed by atoms with Gasteiger partial charge in [0.2, 0.25) is 0 Å². The average molecular weight is 311 g/mol. The minimum atomic E-state index is -4.79. The van der Waals surface area contributed by atoms with Crippen LogP contribution < -0.4 is 5.32 Å². The smallest absolute Gasteiger partial charge is 0.311 e. The van der Waals surface area contributed by atoms with Gasteiger partial charge in [-0.3, -0.25) is 0 Å². The van der Waals surface area contributed by atoms with Gasteiger partial charge in [0.05, 0.1) is 11.1 Å². The van der Waals surface area contributed by atoms with Crippen LogP contribution in [0.2, 0.25) is 0 Å². The summed E-state index contributed by atoms with van der Waals surface area (Å²) in [6.07, 6.45) is -7.85. The van der Waals surface area contributed by atoms with Crippen LogP contribution in [0, 0.1) is 0 Å². The molecule has 1 aliphatic rings. The number of benzene rings is 1. The number of hydrogen-bond donors (Lipinski definition) is 1. The Hall–Kier alpha value is -1.24. The van der Waals surface area contributed by atoms with Gasteiger partial charge in [-0.1, -0.05) is 0 Å². The summed E-state index contributed by atoms with van der Waals surface area (Å²) in [6, 6.07) is 1.77. The molecular formula is C14H15F6N. The third kappa shape index (κ3) is 3.90. The number of nitrogens with one attached hydrogen (secondary N) is 1. The molecule has 1 atom stereocenters. The van der Waals surface area contributed by atoms with Crippen LogP contribution in [0.3, 0.4) is 0 Å². The van der Waals surface area contributed by atoms with Gasteiger partial charge in [0.25, 0.3) is 0 Å². The molecule has 0 spiro atoms. The normalized spacial score (nSPS) is 23.6. The van der Waals surface area contributed by atoms with Crippen LogP contribution in [-0.2, 0) is 18.8 Å². The zero-order chi connectivity index (χ0) is 15.9. The van der Waals surface area contributed by atoms with Crippen LogP contribution in [-0.4, -0.2) is 12.1 Å². The molecule has 1 aromatic carbocycles. The molecule has 0 bridgehead atoms. The highest BCUT2D eigenvalue weighted by atomic mass is 19.4. The SMILES string of the molecule is CC1(Cc2cc(C(F)(F)F)cc(C(F)(F)F)c2)CCCN1. The van der Waals surface area contributed by atoms with Crippen molar-refractivity contribution in [3.05, 3.63) is 34.9 Å². The number of hydrogen-bond acceptors (Lipinski definition) is 1. The van der Waals surface area contributed by atoms with Gasteiger partial charge in [0.1, 0.15) is 0 Å². The van der Waals surface area contributed by atoms with E-state index in [9.17, 15) is 26.3 Å². The molecule has 1 heterocycles. The number of halogens is 6. The summed E-state index contributed by atoms with van der Waals surface area (Å²) in [5.41, 5.74) is -2.91. The summed E-state index contributed by atoms with van der Waals surface area (Å²) in [6.45, 7) is 2.54. The van der Waals surface area contributed by atoms with Crippen molar-refractivity contribution in [2.75, 3.05) is 6.54 Å². The van der Waals surface area contributed by atoms with Crippen molar-refractivity contribution in [2.24, 2.45) is 0 Å². The van der Waals surface area contributed by atoms with E-state index >= 15 is 0 Å². The van der Waals surface area contributed by atoms with E-state index in [1.807, 2.05) is 6.92 Å². The Balaban J connectivity index is 2.40. The Labute approximate surface area is 118 Å². The van der Waals surface area contributed by atoms with Crippen molar-refractivity contribution in [3.63, 3.8) is 0 Å². The van der Waals surface area contributed by atoms with Gasteiger partial charge >= 0.3 is 12.4 Å². The summed E-state index contributed by atoms with van der Waals surface area (Å²) >= 11 is 0. The Morgan fingerprint density at radius 2 is 1.52 bits per heavy atom. The minimum absolute atomic E-state index is 0.0500. The van der Waals surface area contributed by atoms with E-state index in [4.69, 9.17) is 0 Å². The minimum Gasteiger partial charge on any atom is -0.311 e. The van der Waals surface area contributed by atoms with E-state index in [1.165, 1.54) is 0 Å². The molecule has 0 aliphatic carbocycles. The summed E-state index contributed by atoms with van der Waals surface area (Å²) in [5.74, 6) is 0. The lowest BCUT2D eigenvalue weighted by Crippen LogP contribution is -2.38. The maximum Gasteiger partial charge on any atom is 0.416 e. The summed E-state index contributed by atoms with van der Waals surface area (Å²) in [5, 5.41) is 3.14. The van der Waals surface area contributed by atoms with Gasteiger partial charge in [-0.05, 0) is 56.5 Å². The molecule has 1 unspecified atom stereocenters. The maximum atomic E-state index is 12.8. The summed E-state index contributed by atoms with van der Waals surface area (Å²) in [4.78, 5) is 0. The second kappa shape index (κ2) is 5.19. The van der Waals surface area contributed by atoms with Crippen molar-refractivity contribution < 1.29 is 26.3 Å². The van der Waals surface area contributed by atoms with Gasteiger partial charge in [-0.15, -0.1) is 0 Å². The molecule has 7 heteroatoms. The highest BCUT2D eigenvalue weighted by Crippen LogP contribution is 2.37. The van der Waals surface area contributed by atoms with Gasteiger partial charge in [-0.25, -0.2) is 0 Å². The van der Waals surface area contributed by atoms with Crippen LogP contribution in [0.15, 0.2) is 18.2 Å². The zero-order valence-corrected chi connectivity index (χ0v) is 11.3. The van der Waals surface area contributed by atoms with Crippen LogP contribution >= 0.6 is 0 Å². The lowest BCUT2D eigenvalue weighted by atomic mass is 9.89. The summed E-state index contributed by atoms with van der Waals surface area (Å²) < 4.78 is 76.6. The van der Waals surface area contributed by atoms with E-state index in [1.54, 1.807) is 0 Å². The first-order valence-corrected chi connectivity index (χ1v) is 6.53. The Kier molecular flexibility index (Phi) is 3.99. The van der Waals surface area contributed by atoms with Crippen LogP contribution in [0.1, 0.15) is 36.5 Å². The fourth-order valence-corrected chi connectivity index (χ4v) is 2.68. The predicted octanol–water partition coefficient (Wildman–Crippen LogP) is 4.41. The lowest BCUT2D eigenvalue weighted by Gasteiger charge is -2.25. The molecule has 21 heavy (non-hydrogen) atoms. The van der Waals surface area contributed by atoms with E-state index < -0.39 is 29.0 Å². The second-order valence-electron chi connectivity index (χ2n) is 5.68. The quantitative estimate of drug-likeness (QED) is 0.798. The van der Waals surface area contributed by atoms with E-state index in [2.05, 4.69) is 5.32 Å². The third-order valence-corrected chi connectivity index (χ3v) is 3.70. The standard InChI is InChI=1S/C14H15F6N/c1-12(3-2-4-21-12)8-9-5-10(13(15,16)17)7-11(6-9)14(18,19)20/h5-7,21H,2-4,8H2,1H3. The topological polar surface area (TPSA) is 12.0 Å². The predicted molar refractivity (Wildman–Crippen MR) is 65.8 cm³/mol. The lowest BCUT2D eigenvalue weighted by molar-refractivity contribution is -0.143. The molecule has 0 aromatic heterocycles. The monoisotopic (exact) mass is 311 g/mol. The second-order valence-corrected chi connectivity index (χ2v) is 5.68. The van der Waals surface area contributed by atoms with Crippen molar-refractivity contribution in [1.29, 1.82) is 0 Å². The Morgan fingerprint density at radius 1 is 1.00 bits per heavy atom. The van der Waals surface area contributed by atoms with Gasteiger partial charge in [-0.2, -0.15) is 26.3 Å². The highest BCUT2D eigenvalue weighted by molar-refractivity contribution is 5.34. The maximum absolute atomic E-state index is 12.8. The summed E-state index contributed by atoms with van der Waals surface area (Å²) in [7, 11) is 0. The van der Waals surface area contributed by atoms with Crippen LogP contribution in [0.25, 0.3) is 0 Å². The largest absolute Gasteiger partial charge is 0.416 e.